The van der Waals surface area contributed by atoms with Crippen LogP contribution in [0.3, 0.4) is 0 Å². The summed E-state index contributed by atoms with van der Waals surface area (Å²) in [5.41, 5.74) is 8.97. The fraction of sp³-hybridized carbons (Fsp3) is 0.438. The smallest absolute Gasteiger partial charge is 0.0724 e. The first-order chi connectivity index (χ1) is 9.83. The molecule has 2 rings (SSSR count). The van der Waals surface area contributed by atoms with Gasteiger partial charge in [0.25, 0.3) is 0 Å². The van der Waals surface area contributed by atoms with E-state index >= 15 is 0 Å². The van der Waals surface area contributed by atoms with Crippen molar-refractivity contribution in [3.05, 3.63) is 30.5 Å². The Balaban J connectivity index is 1.83. The van der Waals surface area contributed by atoms with Gasteiger partial charge in [-0.2, -0.15) is 11.8 Å². The number of pyridine rings is 1. The van der Waals surface area contributed by atoms with Gasteiger partial charge in [-0.15, -0.1) is 0 Å². The lowest BCUT2D eigenvalue weighted by Crippen LogP contribution is -2.04. The number of nitrogens with zero attached hydrogens (tertiary/aromatic N) is 1. The quantitative estimate of drug-likeness (QED) is 0.566. The Bertz CT molecular complexity index is 542. The molecule has 0 atom stereocenters. The number of hydrogen-bond acceptors (Lipinski definition) is 4. The van der Waals surface area contributed by atoms with Crippen LogP contribution in [0.1, 0.15) is 25.7 Å². The van der Waals surface area contributed by atoms with Crippen molar-refractivity contribution in [2.75, 3.05) is 29.6 Å². The molecule has 0 spiro atoms. The van der Waals surface area contributed by atoms with Gasteiger partial charge < -0.3 is 11.1 Å². The molecule has 3 N–H and O–H groups in total. The topological polar surface area (TPSA) is 50.9 Å². The molecule has 0 saturated carbocycles. The van der Waals surface area contributed by atoms with E-state index in [4.69, 9.17) is 5.73 Å². The molecule has 0 bridgehead atoms. The van der Waals surface area contributed by atoms with Crippen LogP contribution >= 0.6 is 11.8 Å². The highest BCUT2D eigenvalue weighted by Gasteiger charge is 2.03. The Morgan fingerprint density at radius 3 is 2.85 bits per heavy atom. The van der Waals surface area contributed by atoms with Gasteiger partial charge in [-0.3, -0.25) is 4.98 Å². The number of benzene rings is 1. The summed E-state index contributed by atoms with van der Waals surface area (Å²) in [4.78, 5) is 4.31. The number of nitrogens with one attached hydrogen (secondary N) is 1. The first kappa shape index (κ1) is 15.0. The first-order valence-corrected chi connectivity index (χ1v) is 8.58. The number of thioether (sulfide) groups is 1. The van der Waals surface area contributed by atoms with E-state index in [1.807, 2.05) is 36.0 Å². The first-order valence-electron chi connectivity index (χ1n) is 7.19. The third-order valence-corrected chi connectivity index (χ3v) is 4.11. The van der Waals surface area contributed by atoms with Crippen molar-refractivity contribution in [3.63, 3.8) is 0 Å². The third-order valence-electron chi connectivity index (χ3n) is 3.42. The fourth-order valence-corrected chi connectivity index (χ4v) is 2.77. The molecule has 0 amide bonds. The van der Waals surface area contributed by atoms with Crippen LogP contribution in [0.5, 0.6) is 0 Å². The van der Waals surface area contributed by atoms with Gasteiger partial charge in [0, 0.05) is 18.1 Å². The maximum Gasteiger partial charge on any atom is 0.0724 e. The lowest BCUT2D eigenvalue weighted by molar-refractivity contribution is 0.689. The van der Waals surface area contributed by atoms with E-state index in [2.05, 4.69) is 16.6 Å². The van der Waals surface area contributed by atoms with Crippen LogP contribution < -0.4 is 11.1 Å². The van der Waals surface area contributed by atoms with E-state index in [1.54, 1.807) is 6.20 Å². The minimum Gasteiger partial charge on any atom is -0.397 e. The average Bonchev–Trinajstić information content (AvgIpc) is 2.49. The summed E-state index contributed by atoms with van der Waals surface area (Å²) < 4.78 is 0. The second-order valence-corrected chi connectivity index (χ2v) is 5.92. The molecule has 0 aliphatic rings. The molecule has 1 aromatic carbocycles. The van der Waals surface area contributed by atoms with Crippen LogP contribution in [0.25, 0.3) is 10.9 Å². The Hall–Kier alpha value is -1.42. The summed E-state index contributed by atoms with van der Waals surface area (Å²) >= 11 is 1.93. The normalized spacial score (nSPS) is 10.8. The number of nitrogen functional groups attached to an aromatic ring is 1. The van der Waals surface area contributed by atoms with Gasteiger partial charge in [0.2, 0.25) is 0 Å². The number of unbranched alkanes of at least 4 members (excludes halogenated alkanes) is 3. The second kappa shape index (κ2) is 8.00. The number of anilines is 2. The predicted octanol–water partition coefficient (Wildman–Crippen LogP) is 4.15. The molecule has 0 aliphatic carbocycles. The van der Waals surface area contributed by atoms with E-state index < -0.39 is 0 Å². The monoisotopic (exact) mass is 289 g/mol. The summed E-state index contributed by atoms with van der Waals surface area (Å²) in [7, 11) is 0. The number of rotatable bonds is 8. The lowest BCUT2D eigenvalue weighted by Gasteiger charge is -2.11. The molecular weight excluding hydrogens is 266 g/mol. The van der Waals surface area contributed by atoms with Gasteiger partial charge in [0.15, 0.2) is 0 Å². The van der Waals surface area contributed by atoms with Gasteiger partial charge in [-0.1, -0.05) is 12.8 Å². The Morgan fingerprint density at radius 1 is 1.15 bits per heavy atom. The molecule has 1 heterocycles. The van der Waals surface area contributed by atoms with Gasteiger partial charge in [0.1, 0.15) is 0 Å². The molecule has 20 heavy (non-hydrogen) atoms. The molecule has 0 fully saturated rings. The summed E-state index contributed by atoms with van der Waals surface area (Å²) in [6.45, 7) is 0.981. The summed E-state index contributed by atoms with van der Waals surface area (Å²) in [5, 5.41) is 4.46. The molecule has 1 aromatic heterocycles. The number of nitrogens with two attached hydrogens (primary N) is 1. The van der Waals surface area contributed by atoms with Crippen LogP contribution in [0, 0.1) is 0 Å². The van der Waals surface area contributed by atoms with Crippen LogP contribution in [0.15, 0.2) is 30.5 Å². The SMILES string of the molecule is CSCCCCCCNc1ccc2ncccc2c1N. The average molecular weight is 289 g/mol. The highest BCUT2D eigenvalue weighted by molar-refractivity contribution is 7.98. The predicted molar refractivity (Wildman–Crippen MR) is 91.5 cm³/mol. The lowest BCUT2D eigenvalue weighted by atomic mass is 10.1. The van der Waals surface area contributed by atoms with Gasteiger partial charge in [0.05, 0.1) is 16.9 Å². The molecule has 2 aromatic rings. The van der Waals surface area contributed by atoms with E-state index in [9.17, 15) is 0 Å². The molecular formula is C16H23N3S. The van der Waals surface area contributed by atoms with Crippen molar-refractivity contribution in [3.8, 4) is 0 Å². The Kier molecular flexibility index (Phi) is 5.99. The molecule has 0 saturated heterocycles. The van der Waals surface area contributed by atoms with Crippen molar-refractivity contribution in [2.45, 2.75) is 25.7 Å². The van der Waals surface area contributed by atoms with Crippen LogP contribution in [0.4, 0.5) is 11.4 Å². The third kappa shape index (κ3) is 4.04. The van der Waals surface area contributed by atoms with Crippen LogP contribution in [-0.2, 0) is 0 Å². The van der Waals surface area contributed by atoms with Crippen LogP contribution in [0.2, 0.25) is 0 Å². The van der Waals surface area contributed by atoms with Gasteiger partial charge in [-0.05, 0) is 49.1 Å². The standard InChI is InChI=1S/C16H23N3S/c1-20-12-5-3-2-4-10-19-15-9-8-14-13(16(15)17)7-6-11-18-14/h6-9,11,19H,2-5,10,12,17H2,1H3. The Labute approximate surface area is 125 Å². The van der Waals surface area contributed by atoms with Crippen molar-refractivity contribution in [1.82, 2.24) is 4.98 Å². The van der Waals surface area contributed by atoms with E-state index in [-0.39, 0.29) is 0 Å². The highest BCUT2D eigenvalue weighted by atomic mass is 32.2. The highest BCUT2D eigenvalue weighted by Crippen LogP contribution is 2.27. The van der Waals surface area contributed by atoms with Crippen molar-refractivity contribution in [1.29, 1.82) is 0 Å². The second-order valence-electron chi connectivity index (χ2n) is 4.93. The summed E-state index contributed by atoms with van der Waals surface area (Å²) in [5.74, 6) is 1.28. The van der Waals surface area contributed by atoms with Gasteiger partial charge in [-0.25, -0.2) is 0 Å². The molecule has 0 radical (unpaired) electrons. The van der Waals surface area contributed by atoms with Crippen LogP contribution in [-0.4, -0.2) is 23.5 Å². The zero-order chi connectivity index (χ0) is 14.2. The number of fused-ring (bicyclic) bond motifs is 1. The molecule has 0 unspecified atom stereocenters. The zero-order valence-corrected chi connectivity index (χ0v) is 12.9. The maximum absolute atomic E-state index is 6.19. The number of aromatic nitrogens is 1. The summed E-state index contributed by atoms with van der Waals surface area (Å²) in [6.07, 6.45) is 9.08. The van der Waals surface area contributed by atoms with Crippen molar-refractivity contribution in [2.24, 2.45) is 0 Å². The molecule has 0 aliphatic heterocycles. The largest absolute Gasteiger partial charge is 0.397 e. The minimum atomic E-state index is 0.804. The Morgan fingerprint density at radius 2 is 2.00 bits per heavy atom. The maximum atomic E-state index is 6.19. The van der Waals surface area contributed by atoms with E-state index in [1.165, 1.54) is 31.4 Å². The molecule has 3 nitrogen and oxygen atoms in total. The molecule has 108 valence electrons. The van der Waals surface area contributed by atoms with Crippen molar-refractivity contribution < 1.29 is 0 Å². The van der Waals surface area contributed by atoms with E-state index in [0.717, 1.165) is 28.8 Å². The minimum absolute atomic E-state index is 0.804. The zero-order valence-electron chi connectivity index (χ0n) is 12.1. The van der Waals surface area contributed by atoms with Crippen molar-refractivity contribution >= 4 is 34.0 Å². The number of hydrogen-bond donors (Lipinski definition) is 2. The van der Waals surface area contributed by atoms with Gasteiger partial charge >= 0.3 is 0 Å². The summed E-state index contributed by atoms with van der Waals surface area (Å²) in [6, 6.07) is 7.99. The fourth-order valence-electron chi connectivity index (χ4n) is 2.28. The molecule has 4 heteroatoms. The van der Waals surface area contributed by atoms with E-state index in [0.29, 0.717) is 0 Å².